The van der Waals surface area contributed by atoms with Crippen molar-refractivity contribution in [1.82, 2.24) is 14.9 Å². The maximum Gasteiger partial charge on any atom is 0.490 e. The lowest BCUT2D eigenvalue weighted by Gasteiger charge is -2.17. The molecule has 1 atom stereocenters. The van der Waals surface area contributed by atoms with Gasteiger partial charge in [0.25, 0.3) is 5.91 Å². The number of fused-ring (bicyclic) bond motifs is 1. The number of aromatic nitrogens is 2. The van der Waals surface area contributed by atoms with Gasteiger partial charge >= 0.3 is 12.1 Å². The fourth-order valence-corrected chi connectivity index (χ4v) is 2.47. The first kappa shape index (κ1) is 15.3. The third kappa shape index (κ3) is 3.13. The van der Waals surface area contributed by atoms with E-state index in [-0.39, 0.29) is 19.5 Å². The van der Waals surface area contributed by atoms with Crippen LogP contribution in [0.15, 0.2) is 24.5 Å². The van der Waals surface area contributed by atoms with Crippen LogP contribution in [0.25, 0.3) is 11.0 Å². The van der Waals surface area contributed by atoms with Crippen molar-refractivity contribution in [2.24, 2.45) is 0 Å². The number of hydrogen-bond acceptors (Lipinski definition) is 4. The van der Waals surface area contributed by atoms with Crippen molar-refractivity contribution in [3.8, 4) is 0 Å². The zero-order valence-corrected chi connectivity index (χ0v) is 11.8. The summed E-state index contributed by atoms with van der Waals surface area (Å²) in [4.78, 5) is 31.2. The van der Waals surface area contributed by atoms with Crippen molar-refractivity contribution in [2.75, 3.05) is 6.54 Å². The van der Waals surface area contributed by atoms with Gasteiger partial charge in [0.05, 0.1) is 17.4 Å². The second kappa shape index (κ2) is 5.56. The maximum atomic E-state index is 12.2. The number of esters is 1. The van der Waals surface area contributed by atoms with Crippen LogP contribution in [0.4, 0.5) is 13.2 Å². The highest BCUT2D eigenvalue weighted by Gasteiger charge is 2.45. The van der Waals surface area contributed by atoms with E-state index in [1.54, 1.807) is 18.5 Å². The van der Waals surface area contributed by atoms with Crippen LogP contribution in [0.1, 0.15) is 12.0 Å². The summed E-state index contributed by atoms with van der Waals surface area (Å²) in [5, 5.41) is 0. The Hall–Kier alpha value is -2.58. The number of rotatable bonds is 3. The highest BCUT2D eigenvalue weighted by Crippen LogP contribution is 2.23. The zero-order chi connectivity index (χ0) is 16.6. The van der Waals surface area contributed by atoms with Gasteiger partial charge < -0.3 is 14.6 Å². The number of imidazole rings is 1. The average Bonchev–Trinajstić information content (AvgIpc) is 3.07. The molecule has 1 amide bonds. The third-order valence-electron chi connectivity index (χ3n) is 3.59. The van der Waals surface area contributed by atoms with Crippen molar-refractivity contribution in [2.45, 2.75) is 25.2 Å². The van der Waals surface area contributed by atoms with Gasteiger partial charge in [-0.2, -0.15) is 13.2 Å². The maximum absolute atomic E-state index is 12.2. The lowest BCUT2D eigenvalue weighted by molar-refractivity contribution is -0.204. The SMILES string of the molecule is O=C1[C@@H](OC(=O)C(F)(F)F)CCN1Cc1ccc2nc[nH]c2c1. The molecule has 1 fully saturated rings. The Morgan fingerprint density at radius 3 is 2.96 bits per heavy atom. The number of ether oxygens (including phenoxy) is 1. The second-order valence-corrected chi connectivity index (χ2v) is 5.19. The van der Waals surface area contributed by atoms with Crippen LogP contribution in [0.3, 0.4) is 0 Å². The van der Waals surface area contributed by atoms with Crippen molar-refractivity contribution in [3.05, 3.63) is 30.1 Å². The normalized spacial score (nSPS) is 18.7. The lowest BCUT2D eigenvalue weighted by Crippen LogP contribution is -2.35. The summed E-state index contributed by atoms with van der Waals surface area (Å²) < 4.78 is 40.8. The molecule has 0 unspecified atom stereocenters. The molecule has 9 heteroatoms. The number of amides is 1. The van der Waals surface area contributed by atoms with E-state index in [0.717, 1.165) is 16.6 Å². The third-order valence-corrected chi connectivity index (χ3v) is 3.59. The Morgan fingerprint density at radius 2 is 2.22 bits per heavy atom. The number of carbonyl (C=O) groups excluding carboxylic acids is 2. The molecule has 23 heavy (non-hydrogen) atoms. The smallest absolute Gasteiger partial charge is 0.446 e. The molecule has 3 rings (SSSR count). The largest absolute Gasteiger partial charge is 0.490 e. The van der Waals surface area contributed by atoms with E-state index in [2.05, 4.69) is 14.7 Å². The van der Waals surface area contributed by atoms with Gasteiger partial charge in [-0.05, 0) is 17.7 Å². The molecule has 0 spiro atoms. The number of H-pyrrole nitrogens is 1. The van der Waals surface area contributed by atoms with Crippen LogP contribution in [0.5, 0.6) is 0 Å². The fourth-order valence-electron chi connectivity index (χ4n) is 2.47. The first-order valence-corrected chi connectivity index (χ1v) is 6.83. The van der Waals surface area contributed by atoms with E-state index >= 15 is 0 Å². The standard InChI is InChI=1S/C14H12F3N3O3/c15-14(16,17)13(22)23-11-3-4-20(12(11)21)6-8-1-2-9-10(5-8)19-7-18-9/h1-2,5,7,11H,3-4,6H2,(H,18,19)/t11-/m0/s1. The van der Waals surface area contributed by atoms with E-state index < -0.39 is 24.2 Å². The van der Waals surface area contributed by atoms with Crippen molar-refractivity contribution < 1.29 is 27.5 Å². The van der Waals surface area contributed by atoms with Gasteiger partial charge in [0, 0.05) is 19.5 Å². The topological polar surface area (TPSA) is 75.3 Å². The minimum Gasteiger partial charge on any atom is -0.446 e. The first-order chi connectivity index (χ1) is 10.8. The van der Waals surface area contributed by atoms with Gasteiger partial charge in [0.2, 0.25) is 0 Å². The quantitative estimate of drug-likeness (QED) is 0.872. The Morgan fingerprint density at radius 1 is 1.43 bits per heavy atom. The van der Waals surface area contributed by atoms with Gasteiger partial charge in [0.15, 0.2) is 6.10 Å². The molecule has 122 valence electrons. The predicted octanol–water partition coefficient (Wildman–Crippen LogP) is 1.77. The van der Waals surface area contributed by atoms with Gasteiger partial charge in [-0.15, -0.1) is 0 Å². The number of likely N-dealkylation sites (tertiary alicyclic amines) is 1. The molecule has 1 aromatic heterocycles. The second-order valence-electron chi connectivity index (χ2n) is 5.19. The predicted molar refractivity (Wildman–Crippen MR) is 72.1 cm³/mol. The Kier molecular flexibility index (Phi) is 3.70. The number of nitrogens with zero attached hydrogens (tertiary/aromatic N) is 2. The first-order valence-electron chi connectivity index (χ1n) is 6.83. The summed E-state index contributed by atoms with van der Waals surface area (Å²) in [5.41, 5.74) is 2.38. The average molecular weight is 327 g/mol. The summed E-state index contributed by atoms with van der Waals surface area (Å²) >= 11 is 0. The number of aromatic amines is 1. The summed E-state index contributed by atoms with van der Waals surface area (Å²) in [7, 11) is 0. The Balaban J connectivity index is 1.66. The summed E-state index contributed by atoms with van der Waals surface area (Å²) in [6.07, 6.45) is -4.88. The monoisotopic (exact) mass is 327 g/mol. The lowest BCUT2D eigenvalue weighted by atomic mass is 10.2. The summed E-state index contributed by atoms with van der Waals surface area (Å²) in [6, 6.07) is 5.37. The van der Waals surface area contributed by atoms with E-state index in [9.17, 15) is 22.8 Å². The molecular weight excluding hydrogens is 315 g/mol. The molecule has 1 saturated heterocycles. The highest BCUT2D eigenvalue weighted by atomic mass is 19.4. The minimum absolute atomic E-state index is 0.0486. The van der Waals surface area contributed by atoms with Crippen LogP contribution >= 0.6 is 0 Å². The van der Waals surface area contributed by atoms with Gasteiger partial charge in [-0.1, -0.05) is 6.07 Å². The molecule has 2 heterocycles. The van der Waals surface area contributed by atoms with E-state index in [4.69, 9.17) is 0 Å². The molecule has 0 saturated carbocycles. The Labute approximate surface area is 128 Å². The molecule has 2 aromatic rings. The molecule has 1 aromatic carbocycles. The van der Waals surface area contributed by atoms with E-state index in [0.29, 0.717) is 0 Å². The molecule has 1 N–H and O–H groups in total. The zero-order valence-electron chi connectivity index (χ0n) is 11.8. The van der Waals surface area contributed by atoms with Crippen LogP contribution in [-0.2, 0) is 20.9 Å². The number of carbonyl (C=O) groups is 2. The molecule has 0 bridgehead atoms. The van der Waals surface area contributed by atoms with Crippen LogP contribution in [0, 0.1) is 0 Å². The number of hydrogen-bond donors (Lipinski definition) is 1. The van der Waals surface area contributed by atoms with Crippen LogP contribution < -0.4 is 0 Å². The van der Waals surface area contributed by atoms with Crippen LogP contribution in [-0.4, -0.2) is 45.6 Å². The van der Waals surface area contributed by atoms with E-state index in [1.165, 1.54) is 4.90 Å². The van der Waals surface area contributed by atoms with E-state index in [1.807, 2.05) is 6.07 Å². The number of nitrogens with one attached hydrogen (secondary N) is 1. The molecule has 1 aliphatic heterocycles. The van der Waals surface area contributed by atoms with Crippen molar-refractivity contribution in [1.29, 1.82) is 0 Å². The molecule has 0 aliphatic carbocycles. The molecule has 0 radical (unpaired) electrons. The summed E-state index contributed by atoms with van der Waals surface area (Å²) in [5.74, 6) is -2.95. The van der Waals surface area contributed by atoms with Gasteiger partial charge in [-0.3, -0.25) is 4.79 Å². The number of alkyl halides is 3. The fraction of sp³-hybridized carbons (Fsp3) is 0.357. The molecule has 6 nitrogen and oxygen atoms in total. The molecule has 1 aliphatic rings. The van der Waals surface area contributed by atoms with Crippen molar-refractivity contribution in [3.63, 3.8) is 0 Å². The van der Waals surface area contributed by atoms with Crippen LogP contribution in [0.2, 0.25) is 0 Å². The van der Waals surface area contributed by atoms with Gasteiger partial charge in [0.1, 0.15) is 0 Å². The van der Waals surface area contributed by atoms with Crippen molar-refractivity contribution >= 4 is 22.9 Å². The summed E-state index contributed by atoms with van der Waals surface area (Å²) in [6.45, 7) is 0.462. The number of halogens is 3. The minimum atomic E-state index is -5.10. The highest BCUT2D eigenvalue weighted by molar-refractivity contribution is 5.86. The van der Waals surface area contributed by atoms with Gasteiger partial charge in [-0.25, -0.2) is 9.78 Å². The number of benzene rings is 1. The molecular formula is C14H12F3N3O3. The Bertz CT molecular complexity index is 756.